The van der Waals surface area contributed by atoms with Gasteiger partial charge in [0.05, 0.1) is 0 Å². The van der Waals surface area contributed by atoms with Gasteiger partial charge in [0.25, 0.3) is 5.91 Å². The van der Waals surface area contributed by atoms with Crippen molar-refractivity contribution in [1.29, 1.82) is 0 Å². The average Bonchev–Trinajstić information content (AvgIpc) is 2.91. The van der Waals surface area contributed by atoms with E-state index in [9.17, 15) is 23.1 Å². The van der Waals surface area contributed by atoms with E-state index in [1.807, 2.05) is 0 Å². The van der Waals surface area contributed by atoms with Crippen LogP contribution in [0.5, 0.6) is 5.75 Å². The molecule has 9 heteroatoms. The molecule has 0 aliphatic carbocycles. The number of amides is 1. The van der Waals surface area contributed by atoms with Gasteiger partial charge >= 0.3 is 6.36 Å². The molecule has 1 aromatic carbocycles. The first kappa shape index (κ1) is 20.8. The van der Waals surface area contributed by atoms with Gasteiger partial charge in [-0.25, -0.2) is 0 Å². The zero-order chi connectivity index (χ0) is 18.1. The van der Waals surface area contributed by atoms with E-state index in [0.717, 1.165) is 32.0 Å². The number of hydrogen-bond donors (Lipinski definition) is 2. The molecule has 1 unspecified atom stereocenters. The molecule has 2 N–H and O–H groups in total. The normalized spacial score (nSPS) is 22.2. The molecule has 1 spiro atoms. The van der Waals surface area contributed by atoms with Crippen molar-refractivity contribution in [3.05, 3.63) is 29.8 Å². The van der Waals surface area contributed by atoms with Gasteiger partial charge in [-0.2, -0.15) is 0 Å². The maximum absolute atomic E-state index is 12.7. The maximum atomic E-state index is 12.7. The second-order valence-corrected chi connectivity index (χ2v) is 6.75. The molecule has 3 rings (SSSR count). The van der Waals surface area contributed by atoms with Crippen molar-refractivity contribution in [2.75, 3.05) is 32.8 Å². The number of rotatable bonds is 3. The van der Waals surface area contributed by atoms with Gasteiger partial charge < -0.3 is 20.1 Å². The van der Waals surface area contributed by atoms with E-state index in [1.54, 1.807) is 4.90 Å². The first-order chi connectivity index (χ1) is 11.8. The number of ether oxygens (including phenoxy) is 1. The molecule has 2 aliphatic rings. The smallest absolute Gasteiger partial charge is 0.406 e. The minimum absolute atomic E-state index is 0. The summed E-state index contributed by atoms with van der Waals surface area (Å²) in [6.07, 6.45) is -3.05. The lowest BCUT2D eigenvalue weighted by molar-refractivity contribution is -0.274. The van der Waals surface area contributed by atoms with Gasteiger partial charge in [-0.1, -0.05) is 6.07 Å². The molecule has 2 heterocycles. The molecular weight excluding hydrogens is 373 g/mol. The van der Waals surface area contributed by atoms with Crippen molar-refractivity contribution in [3.63, 3.8) is 0 Å². The third kappa shape index (κ3) is 4.42. The summed E-state index contributed by atoms with van der Waals surface area (Å²) in [4.78, 5) is 14.4. The van der Waals surface area contributed by atoms with Crippen LogP contribution in [-0.2, 0) is 0 Å². The molecule has 0 radical (unpaired) electrons. The molecule has 1 aromatic rings. The number of likely N-dealkylation sites (tertiary alicyclic amines) is 1. The fourth-order valence-corrected chi connectivity index (χ4v) is 3.94. The van der Waals surface area contributed by atoms with Crippen molar-refractivity contribution in [1.82, 2.24) is 10.2 Å². The van der Waals surface area contributed by atoms with Crippen molar-refractivity contribution >= 4 is 18.3 Å². The number of hydrogen-bond acceptors (Lipinski definition) is 4. The van der Waals surface area contributed by atoms with Crippen LogP contribution in [0, 0.1) is 11.3 Å². The molecule has 26 heavy (non-hydrogen) atoms. The molecule has 0 saturated carbocycles. The van der Waals surface area contributed by atoms with E-state index in [1.165, 1.54) is 18.2 Å². The molecule has 146 valence electrons. The van der Waals surface area contributed by atoms with Crippen molar-refractivity contribution in [2.45, 2.75) is 19.2 Å². The Morgan fingerprint density at radius 1 is 1.35 bits per heavy atom. The molecule has 2 fully saturated rings. The fraction of sp³-hybridized carbons (Fsp3) is 0.588. The summed E-state index contributed by atoms with van der Waals surface area (Å²) in [5, 5.41) is 13.0. The zero-order valence-corrected chi connectivity index (χ0v) is 14.9. The van der Waals surface area contributed by atoms with Crippen molar-refractivity contribution < 1.29 is 27.8 Å². The highest BCUT2D eigenvalue weighted by atomic mass is 35.5. The van der Waals surface area contributed by atoms with Crippen LogP contribution >= 0.6 is 12.4 Å². The molecular formula is C17H22ClF3N2O3. The van der Waals surface area contributed by atoms with E-state index < -0.39 is 12.1 Å². The van der Waals surface area contributed by atoms with Crippen LogP contribution in [0.1, 0.15) is 23.2 Å². The predicted molar refractivity (Wildman–Crippen MR) is 91.4 cm³/mol. The second-order valence-electron chi connectivity index (χ2n) is 6.75. The minimum Gasteiger partial charge on any atom is -0.406 e. The zero-order valence-electron chi connectivity index (χ0n) is 14.1. The number of nitrogens with one attached hydrogen (secondary N) is 1. The number of carbonyl (C=O) groups is 1. The second kappa shape index (κ2) is 8.02. The molecule has 2 aliphatic heterocycles. The monoisotopic (exact) mass is 394 g/mol. The SMILES string of the molecule is Cl.O=C(c1cccc(OC(F)(F)F)c1)N1CC(CO)C2(CCNCC2)C1. The Morgan fingerprint density at radius 3 is 2.65 bits per heavy atom. The molecule has 2 saturated heterocycles. The Hall–Kier alpha value is -1.51. The molecule has 0 bridgehead atoms. The number of carbonyl (C=O) groups excluding carboxylic acids is 1. The van der Waals surface area contributed by atoms with E-state index in [4.69, 9.17) is 0 Å². The van der Waals surface area contributed by atoms with Crippen LogP contribution in [0.3, 0.4) is 0 Å². The average molecular weight is 395 g/mol. The summed E-state index contributed by atoms with van der Waals surface area (Å²) in [6.45, 7) is 2.62. The number of nitrogens with zero attached hydrogens (tertiary/aromatic N) is 1. The molecule has 1 atom stereocenters. The quantitative estimate of drug-likeness (QED) is 0.826. The van der Waals surface area contributed by atoms with Gasteiger partial charge in [0.15, 0.2) is 0 Å². The highest BCUT2D eigenvalue weighted by molar-refractivity contribution is 5.94. The van der Waals surface area contributed by atoms with E-state index >= 15 is 0 Å². The number of piperidine rings is 1. The Labute approximate surface area is 155 Å². The summed E-state index contributed by atoms with van der Waals surface area (Å²) in [6, 6.07) is 5.12. The summed E-state index contributed by atoms with van der Waals surface area (Å²) < 4.78 is 41.0. The third-order valence-corrected chi connectivity index (χ3v) is 5.23. The lowest BCUT2D eigenvalue weighted by Gasteiger charge is -2.37. The van der Waals surface area contributed by atoms with E-state index in [0.29, 0.717) is 13.1 Å². The Kier molecular flexibility index (Phi) is 6.42. The number of aliphatic hydroxyl groups is 1. The number of benzene rings is 1. The van der Waals surface area contributed by atoms with Gasteiger partial charge in [0.2, 0.25) is 0 Å². The van der Waals surface area contributed by atoms with E-state index in [2.05, 4.69) is 10.1 Å². The van der Waals surface area contributed by atoms with Crippen molar-refractivity contribution in [3.8, 4) is 5.75 Å². The van der Waals surface area contributed by atoms with Gasteiger partial charge in [0.1, 0.15) is 5.75 Å². The van der Waals surface area contributed by atoms with Crippen LogP contribution < -0.4 is 10.1 Å². The van der Waals surface area contributed by atoms with Crippen LogP contribution in [0.4, 0.5) is 13.2 Å². The minimum atomic E-state index is -4.80. The van der Waals surface area contributed by atoms with Gasteiger partial charge in [-0.05, 0) is 49.5 Å². The number of alkyl halides is 3. The Balaban J connectivity index is 0.00000243. The van der Waals surface area contributed by atoms with Gasteiger partial charge in [-0.3, -0.25) is 4.79 Å². The van der Waals surface area contributed by atoms with Crippen LogP contribution in [0.15, 0.2) is 24.3 Å². The van der Waals surface area contributed by atoms with Crippen molar-refractivity contribution in [2.24, 2.45) is 11.3 Å². The molecule has 5 nitrogen and oxygen atoms in total. The highest BCUT2D eigenvalue weighted by Gasteiger charge is 2.47. The lowest BCUT2D eigenvalue weighted by Crippen LogP contribution is -2.43. The number of halogens is 4. The van der Waals surface area contributed by atoms with Crippen LogP contribution in [-0.4, -0.2) is 55.1 Å². The molecule has 0 aromatic heterocycles. The lowest BCUT2D eigenvalue weighted by atomic mass is 9.71. The van der Waals surface area contributed by atoms with Crippen LogP contribution in [0.2, 0.25) is 0 Å². The third-order valence-electron chi connectivity index (χ3n) is 5.23. The Morgan fingerprint density at radius 2 is 2.04 bits per heavy atom. The Bertz CT molecular complexity index is 636. The summed E-state index contributed by atoms with van der Waals surface area (Å²) >= 11 is 0. The van der Waals surface area contributed by atoms with Gasteiger partial charge in [-0.15, -0.1) is 25.6 Å². The summed E-state index contributed by atoms with van der Waals surface area (Å²) in [5.41, 5.74) is 0.0415. The predicted octanol–water partition coefficient (Wildman–Crippen LogP) is 2.44. The largest absolute Gasteiger partial charge is 0.573 e. The summed E-state index contributed by atoms with van der Waals surface area (Å²) in [5.74, 6) is -0.748. The first-order valence-electron chi connectivity index (χ1n) is 8.30. The highest BCUT2D eigenvalue weighted by Crippen LogP contribution is 2.43. The summed E-state index contributed by atoms with van der Waals surface area (Å²) in [7, 11) is 0. The van der Waals surface area contributed by atoms with Crippen LogP contribution in [0.25, 0.3) is 0 Å². The maximum Gasteiger partial charge on any atom is 0.573 e. The standard InChI is InChI=1S/C17H21F3N2O3.ClH/c18-17(19,20)25-14-3-1-2-12(8-14)15(24)22-9-13(10-23)16(11-22)4-6-21-7-5-16;/h1-3,8,13,21,23H,4-7,9-11H2;1H. The number of aliphatic hydroxyl groups excluding tert-OH is 1. The molecule has 1 amide bonds. The fourth-order valence-electron chi connectivity index (χ4n) is 3.94. The van der Waals surface area contributed by atoms with E-state index in [-0.39, 0.29) is 41.8 Å². The first-order valence-corrected chi connectivity index (χ1v) is 8.30. The van der Waals surface area contributed by atoms with Gasteiger partial charge in [0, 0.05) is 31.2 Å². The topological polar surface area (TPSA) is 61.8 Å².